The number of hydrogen-bond donors (Lipinski definition) is 1. The van der Waals surface area contributed by atoms with Crippen LogP contribution in [0.15, 0.2) is 30.6 Å². The van der Waals surface area contributed by atoms with Gasteiger partial charge in [-0.2, -0.15) is 15.2 Å². The molecule has 1 heterocycles. The van der Waals surface area contributed by atoms with Crippen molar-refractivity contribution in [3.63, 3.8) is 0 Å². The van der Waals surface area contributed by atoms with Gasteiger partial charge in [0.2, 0.25) is 11.8 Å². The third-order valence-corrected chi connectivity index (χ3v) is 2.29. The summed E-state index contributed by atoms with van der Waals surface area (Å²) in [5.74, 6) is 1.05. The standard InChI is InChI=1S/C13H12N4O2/c1-2-18-12-11(15)13(17-8-16-12)19-10-5-3-9(7-14)4-6-10/h3-6,8H,2,15H2,1H3. The second-order valence-electron chi connectivity index (χ2n) is 3.57. The summed E-state index contributed by atoms with van der Waals surface area (Å²) in [4.78, 5) is 7.87. The molecule has 0 saturated carbocycles. The molecule has 0 unspecified atom stereocenters. The van der Waals surface area contributed by atoms with E-state index in [0.717, 1.165) is 0 Å². The lowest BCUT2D eigenvalue weighted by Gasteiger charge is -2.09. The molecule has 0 aliphatic heterocycles. The van der Waals surface area contributed by atoms with Crippen LogP contribution in [0.4, 0.5) is 5.69 Å². The SMILES string of the molecule is CCOc1ncnc(Oc2ccc(C#N)cc2)c1N. The smallest absolute Gasteiger partial charge is 0.249 e. The van der Waals surface area contributed by atoms with Gasteiger partial charge in [-0.3, -0.25) is 0 Å². The van der Waals surface area contributed by atoms with Crippen molar-refractivity contribution in [3.8, 4) is 23.6 Å². The first-order chi connectivity index (χ1) is 9.24. The second-order valence-corrected chi connectivity index (χ2v) is 3.57. The molecule has 0 amide bonds. The number of aromatic nitrogens is 2. The Balaban J connectivity index is 2.23. The van der Waals surface area contributed by atoms with E-state index in [1.165, 1.54) is 6.33 Å². The van der Waals surface area contributed by atoms with Crippen LogP contribution in [0.25, 0.3) is 0 Å². The highest BCUT2D eigenvalue weighted by atomic mass is 16.5. The van der Waals surface area contributed by atoms with Crippen molar-refractivity contribution in [1.29, 1.82) is 5.26 Å². The molecule has 0 fully saturated rings. The van der Waals surface area contributed by atoms with Crippen LogP contribution >= 0.6 is 0 Å². The van der Waals surface area contributed by atoms with Gasteiger partial charge in [-0.05, 0) is 31.2 Å². The fourth-order valence-corrected chi connectivity index (χ4v) is 1.41. The van der Waals surface area contributed by atoms with Gasteiger partial charge in [0.25, 0.3) is 0 Å². The zero-order valence-corrected chi connectivity index (χ0v) is 10.3. The lowest BCUT2D eigenvalue weighted by atomic mass is 10.2. The molecule has 96 valence electrons. The Morgan fingerprint density at radius 3 is 2.53 bits per heavy atom. The van der Waals surface area contributed by atoms with Crippen molar-refractivity contribution in [3.05, 3.63) is 36.2 Å². The molecule has 1 aromatic heterocycles. The summed E-state index contributed by atoms with van der Waals surface area (Å²) in [6.07, 6.45) is 1.32. The largest absolute Gasteiger partial charge is 0.476 e. The minimum Gasteiger partial charge on any atom is -0.476 e. The highest BCUT2D eigenvalue weighted by Crippen LogP contribution is 2.30. The van der Waals surface area contributed by atoms with Crippen molar-refractivity contribution in [2.45, 2.75) is 6.92 Å². The second kappa shape index (κ2) is 5.69. The molecule has 2 N–H and O–H groups in total. The van der Waals surface area contributed by atoms with E-state index in [2.05, 4.69) is 9.97 Å². The van der Waals surface area contributed by atoms with Crippen LogP contribution in [0, 0.1) is 11.3 Å². The summed E-state index contributed by atoms with van der Waals surface area (Å²) < 4.78 is 10.8. The minimum absolute atomic E-state index is 0.225. The molecule has 0 saturated heterocycles. The Labute approximate surface area is 110 Å². The number of ether oxygens (including phenoxy) is 2. The van der Waals surface area contributed by atoms with Crippen LogP contribution < -0.4 is 15.2 Å². The van der Waals surface area contributed by atoms with E-state index in [4.69, 9.17) is 20.5 Å². The highest BCUT2D eigenvalue weighted by Gasteiger charge is 2.10. The van der Waals surface area contributed by atoms with Gasteiger partial charge >= 0.3 is 0 Å². The van der Waals surface area contributed by atoms with Crippen LogP contribution in [0.5, 0.6) is 17.5 Å². The van der Waals surface area contributed by atoms with E-state index in [9.17, 15) is 0 Å². The third-order valence-electron chi connectivity index (χ3n) is 2.29. The number of rotatable bonds is 4. The molecule has 0 bridgehead atoms. The van der Waals surface area contributed by atoms with Crippen molar-refractivity contribution in [2.24, 2.45) is 0 Å². The molecule has 0 radical (unpaired) electrons. The molecule has 6 nitrogen and oxygen atoms in total. The summed E-state index contributed by atoms with van der Waals surface area (Å²) in [6, 6.07) is 8.66. The summed E-state index contributed by atoms with van der Waals surface area (Å²) in [6.45, 7) is 2.29. The van der Waals surface area contributed by atoms with E-state index < -0.39 is 0 Å². The average molecular weight is 256 g/mol. The van der Waals surface area contributed by atoms with Crippen molar-refractivity contribution in [1.82, 2.24) is 9.97 Å². The number of nitrogens with zero attached hydrogens (tertiary/aromatic N) is 3. The molecule has 6 heteroatoms. The topological polar surface area (TPSA) is 94.0 Å². The molecule has 0 atom stereocenters. The number of hydrogen-bond acceptors (Lipinski definition) is 6. The molecule has 1 aromatic carbocycles. The summed E-state index contributed by atoms with van der Waals surface area (Å²) in [5, 5.41) is 8.71. The van der Waals surface area contributed by atoms with Crippen LogP contribution in [0.2, 0.25) is 0 Å². The maximum atomic E-state index is 8.71. The van der Waals surface area contributed by atoms with E-state index in [1.54, 1.807) is 24.3 Å². The van der Waals surface area contributed by atoms with Crippen LogP contribution in [-0.4, -0.2) is 16.6 Å². The molecule has 0 aliphatic rings. The lowest BCUT2D eigenvalue weighted by Crippen LogP contribution is -2.02. The molecule has 19 heavy (non-hydrogen) atoms. The van der Waals surface area contributed by atoms with Gasteiger partial charge in [0, 0.05) is 0 Å². The first-order valence-corrected chi connectivity index (χ1v) is 5.66. The van der Waals surface area contributed by atoms with Crippen LogP contribution in [0.1, 0.15) is 12.5 Å². The predicted octanol–water partition coefficient (Wildman–Crippen LogP) is 2.12. The van der Waals surface area contributed by atoms with Crippen LogP contribution in [0.3, 0.4) is 0 Å². The summed E-state index contributed by atoms with van der Waals surface area (Å²) in [5.41, 5.74) is 6.64. The zero-order valence-electron chi connectivity index (χ0n) is 10.3. The van der Waals surface area contributed by atoms with E-state index in [0.29, 0.717) is 23.8 Å². The quantitative estimate of drug-likeness (QED) is 0.900. The summed E-state index contributed by atoms with van der Waals surface area (Å²) in [7, 11) is 0. The summed E-state index contributed by atoms with van der Waals surface area (Å²) >= 11 is 0. The number of nitrogens with two attached hydrogens (primary N) is 1. The Morgan fingerprint density at radius 1 is 1.21 bits per heavy atom. The highest BCUT2D eigenvalue weighted by molar-refractivity contribution is 5.56. The van der Waals surface area contributed by atoms with Crippen molar-refractivity contribution in [2.75, 3.05) is 12.3 Å². The van der Waals surface area contributed by atoms with E-state index >= 15 is 0 Å². The van der Waals surface area contributed by atoms with Gasteiger partial charge < -0.3 is 15.2 Å². The zero-order chi connectivity index (χ0) is 13.7. The van der Waals surface area contributed by atoms with E-state index in [1.807, 2.05) is 13.0 Å². The Bertz CT molecular complexity index is 605. The monoisotopic (exact) mass is 256 g/mol. The predicted molar refractivity (Wildman–Crippen MR) is 68.8 cm³/mol. The molecule has 0 aliphatic carbocycles. The first kappa shape index (κ1) is 12.6. The number of nitrogen functional groups attached to an aromatic ring is 1. The Hall–Kier alpha value is -2.81. The number of anilines is 1. The van der Waals surface area contributed by atoms with Crippen molar-refractivity contribution < 1.29 is 9.47 Å². The molecule has 2 rings (SSSR count). The van der Waals surface area contributed by atoms with Gasteiger partial charge in [-0.25, -0.2) is 0 Å². The first-order valence-electron chi connectivity index (χ1n) is 5.66. The maximum absolute atomic E-state index is 8.71. The fourth-order valence-electron chi connectivity index (χ4n) is 1.41. The minimum atomic E-state index is 0.225. The molecule has 0 spiro atoms. The fraction of sp³-hybridized carbons (Fsp3) is 0.154. The van der Waals surface area contributed by atoms with Crippen LogP contribution in [-0.2, 0) is 0 Å². The maximum Gasteiger partial charge on any atom is 0.249 e. The average Bonchev–Trinajstić information content (AvgIpc) is 2.44. The van der Waals surface area contributed by atoms with Gasteiger partial charge in [-0.15, -0.1) is 0 Å². The third kappa shape index (κ3) is 2.90. The molecule has 2 aromatic rings. The van der Waals surface area contributed by atoms with Gasteiger partial charge in [0.05, 0.1) is 18.2 Å². The Kier molecular flexibility index (Phi) is 3.78. The van der Waals surface area contributed by atoms with E-state index in [-0.39, 0.29) is 11.6 Å². The number of benzene rings is 1. The Morgan fingerprint density at radius 2 is 1.89 bits per heavy atom. The van der Waals surface area contributed by atoms with Gasteiger partial charge in [-0.1, -0.05) is 0 Å². The molecular formula is C13H12N4O2. The van der Waals surface area contributed by atoms with Gasteiger partial charge in [0.1, 0.15) is 12.1 Å². The molecular weight excluding hydrogens is 244 g/mol. The normalized spacial score (nSPS) is 9.68. The van der Waals surface area contributed by atoms with Crippen molar-refractivity contribution >= 4 is 5.69 Å². The lowest BCUT2D eigenvalue weighted by molar-refractivity contribution is 0.325. The van der Waals surface area contributed by atoms with Gasteiger partial charge in [0.15, 0.2) is 5.69 Å². The number of nitriles is 1.